The highest BCUT2D eigenvalue weighted by molar-refractivity contribution is 6.28. The van der Waals surface area contributed by atoms with Gasteiger partial charge in [0, 0.05) is 11.8 Å². The Morgan fingerprint density at radius 2 is 2.13 bits per heavy atom. The molecule has 3 nitrogen and oxygen atoms in total. The number of aliphatic hydroxyl groups is 1. The Balaban J connectivity index is 2.44. The van der Waals surface area contributed by atoms with Crippen molar-refractivity contribution >= 4 is 11.6 Å². The Labute approximate surface area is 92.4 Å². The molecule has 2 rings (SSSR count). The van der Waals surface area contributed by atoms with Crippen LogP contribution >= 0.6 is 11.6 Å². The van der Waals surface area contributed by atoms with Gasteiger partial charge in [-0.05, 0) is 29.3 Å². The Bertz CT molecular complexity index is 474. The molecule has 0 saturated heterocycles. The summed E-state index contributed by atoms with van der Waals surface area (Å²) in [5.74, 6) is 0. The minimum absolute atomic E-state index is 0.0205. The van der Waals surface area contributed by atoms with Crippen LogP contribution in [0.3, 0.4) is 0 Å². The van der Waals surface area contributed by atoms with Crippen LogP contribution in [0.5, 0.6) is 0 Å². The molecule has 0 unspecified atom stereocenters. The number of rotatable bonds is 2. The predicted molar refractivity (Wildman–Crippen MR) is 58.4 cm³/mol. The summed E-state index contributed by atoms with van der Waals surface area (Å²) < 4.78 is 0. The van der Waals surface area contributed by atoms with E-state index in [0.717, 1.165) is 16.8 Å². The van der Waals surface area contributed by atoms with Crippen LogP contribution < -0.4 is 0 Å². The fourth-order valence-electron chi connectivity index (χ4n) is 1.32. The lowest BCUT2D eigenvalue weighted by Gasteiger charge is -2.02. The van der Waals surface area contributed by atoms with E-state index < -0.39 is 0 Å². The van der Waals surface area contributed by atoms with Crippen LogP contribution in [0, 0.1) is 0 Å². The maximum absolute atomic E-state index is 9.00. The zero-order chi connectivity index (χ0) is 10.7. The normalized spacial score (nSPS) is 10.3. The molecular weight excluding hydrogens is 212 g/mol. The number of nitrogens with zero attached hydrogens (tertiary/aromatic N) is 2. The summed E-state index contributed by atoms with van der Waals surface area (Å²) in [5.41, 5.74) is 2.53. The van der Waals surface area contributed by atoms with Gasteiger partial charge < -0.3 is 5.11 Å². The lowest BCUT2D eigenvalue weighted by Crippen LogP contribution is -1.88. The fourth-order valence-corrected chi connectivity index (χ4v) is 1.47. The highest BCUT2D eigenvalue weighted by Crippen LogP contribution is 2.18. The first kappa shape index (κ1) is 10.1. The zero-order valence-corrected chi connectivity index (χ0v) is 8.65. The molecule has 0 aliphatic rings. The molecule has 0 fully saturated rings. The molecule has 0 radical (unpaired) electrons. The summed E-state index contributed by atoms with van der Waals surface area (Å²) in [4.78, 5) is 7.90. The van der Waals surface area contributed by atoms with Gasteiger partial charge in [-0.25, -0.2) is 9.97 Å². The Hall–Kier alpha value is -1.45. The van der Waals surface area contributed by atoms with Crippen molar-refractivity contribution in [2.75, 3.05) is 0 Å². The molecule has 0 aliphatic carbocycles. The molecule has 1 aromatic heterocycles. The second-order valence-electron chi connectivity index (χ2n) is 3.07. The van der Waals surface area contributed by atoms with Crippen LogP contribution in [0.15, 0.2) is 36.5 Å². The van der Waals surface area contributed by atoms with Crippen molar-refractivity contribution in [1.29, 1.82) is 0 Å². The quantitative estimate of drug-likeness (QED) is 0.790. The van der Waals surface area contributed by atoms with E-state index in [1.165, 1.54) is 0 Å². The van der Waals surface area contributed by atoms with Gasteiger partial charge in [0.25, 0.3) is 0 Å². The van der Waals surface area contributed by atoms with Crippen LogP contribution in [0.4, 0.5) is 0 Å². The molecule has 0 atom stereocenters. The summed E-state index contributed by atoms with van der Waals surface area (Å²) in [6.45, 7) is 0.0205. The molecule has 1 N–H and O–H groups in total. The summed E-state index contributed by atoms with van der Waals surface area (Å²) in [6, 6.07) is 9.29. The van der Waals surface area contributed by atoms with Crippen LogP contribution in [0.2, 0.25) is 5.28 Å². The minimum Gasteiger partial charge on any atom is -0.392 e. The number of benzene rings is 1. The second-order valence-corrected chi connectivity index (χ2v) is 3.41. The van der Waals surface area contributed by atoms with Crippen molar-refractivity contribution in [1.82, 2.24) is 9.97 Å². The van der Waals surface area contributed by atoms with Crippen molar-refractivity contribution in [2.24, 2.45) is 0 Å². The number of aromatic nitrogens is 2. The molecule has 2 aromatic rings. The van der Waals surface area contributed by atoms with E-state index >= 15 is 0 Å². The van der Waals surface area contributed by atoms with Crippen molar-refractivity contribution in [3.05, 3.63) is 47.4 Å². The minimum atomic E-state index is 0.0205. The maximum Gasteiger partial charge on any atom is 0.222 e. The van der Waals surface area contributed by atoms with E-state index in [-0.39, 0.29) is 11.9 Å². The molecule has 1 heterocycles. The van der Waals surface area contributed by atoms with Crippen LogP contribution in [0.1, 0.15) is 5.56 Å². The van der Waals surface area contributed by atoms with Crippen molar-refractivity contribution in [2.45, 2.75) is 6.61 Å². The molecule has 0 saturated carbocycles. The molecular formula is C11H9ClN2O. The highest BCUT2D eigenvalue weighted by atomic mass is 35.5. The van der Waals surface area contributed by atoms with Gasteiger partial charge >= 0.3 is 0 Å². The average molecular weight is 221 g/mol. The summed E-state index contributed by atoms with van der Waals surface area (Å²) in [6.07, 6.45) is 1.61. The van der Waals surface area contributed by atoms with E-state index in [1.807, 2.05) is 24.3 Å². The Morgan fingerprint density at radius 3 is 2.87 bits per heavy atom. The van der Waals surface area contributed by atoms with E-state index in [0.29, 0.717) is 0 Å². The fraction of sp³-hybridized carbons (Fsp3) is 0.0909. The SMILES string of the molecule is OCc1cccc(-c2ccnc(Cl)n2)c1. The Kier molecular flexibility index (Phi) is 2.94. The lowest BCUT2D eigenvalue weighted by atomic mass is 10.1. The van der Waals surface area contributed by atoms with Crippen molar-refractivity contribution in [3.63, 3.8) is 0 Å². The van der Waals surface area contributed by atoms with Crippen LogP contribution in [-0.4, -0.2) is 15.1 Å². The van der Waals surface area contributed by atoms with E-state index in [2.05, 4.69) is 9.97 Å². The predicted octanol–water partition coefficient (Wildman–Crippen LogP) is 2.29. The molecule has 0 amide bonds. The molecule has 76 valence electrons. The monoisotopic (exact) mass is 220 g/mol. The number of aliphatic hydroxyl groups excluding tert-OH is 1. The van der Waals surface area contributed by atoms with E-state index in [1.54, 1.807) is 12.3 Å². The molecule has 0 spiro atoms. The van der Waals surface area contributed by atoms with Gasteiger partial charge in [0.05, 0.1) is 12.3 Å². The largest absolute Gasteiger partial charge is 0.392 e. The highest BCUT2D eigenvalue weighted by Gasteiger charge is 2.01. The van der Waals surface area contributed by atoms with E-state index in [9.17, 15) is 0 Å². The third-order valence-corrected chi connectivity index (χ3v) is 2.21. The molecule has 1 aromatic carbocycles. The van der Waals surface area contributed by atoms with Gasteiger partial charge in [-0.3, -0.25) is 0 Å². The molecule has 0 bridgehead atoms. The first-order valence-corrected chi connectivity index (χ1v) is 4.86. The molecule has 4 heteroatoms. The smallest absolute Gasteiger partial charge is 0.222 e. The van der Waals surface area contributed by atoms with Gasteiger partial charge in [-0.2, -0.15) is 0 Å². The van der Waals surface area contributed by atoms with Crippen molar-refractivity contribution in [3.8, 4) is 11.3 Å². The summed E-state index contributed by atoms with van der Waals surface area (Å²) in [5, 5.41) is 9.23. The van der Waals surface area contributed by atoms with Gasteiger partial charge in [-0.1, -0.05) is 18.2 Å². The average Bonchev–Trinajstić information content (AvgIpc) is 2.29. The summed E-state index contributed by atoms with van der Waals surface area (Å²) >= 11 is 5.70. The Morgan fingerprint density at radius 1 is 1.27 bits per heavy atom. The van der Waals surface area contributed by atoms with Gasteiger partial charge in [-0.15, -0.1) is 0 Å². The summed E-state index contributed by atoms with van der Waals surface area (Å²) in [7, 11) is 0. The third-order valence-electron chi connectivity index (χ3n) is 2.03. The first-order chi connectivity index (χ1) is 7.29. The standard InChI is InChI=1S/C11H9ClN2O/c12-11-13-5-4-10(14-11)9-3-1-2-8(6-9)7-15/h1-6,15H,7H2. The van der Waals surface area contributed by atoms with Crippen LogP contribution in [0.25, 0.3) is 11.3 Å². The second kappa shape index (κ2) is 4.38. The third kappa shape index (κ3) is 2.32. The lowest BCUT2D eigenvalue weighted by molar-refractivity contribution is 0.282. The number of hydrogen-bond donors (Lipinski definition) is 1. The molecule has 15 heavy (non-hydrogen) atoms. The van der Waals surface area contributed by atoms with Crippen molar-refractivity contribution < 1.29 is 5.11 Å². The number of halogens is 1. The van der Waals surface area contributed by atoms with E-state index in [4.69, 9.17) is 16.7 Å². The van der Waals surface area contributed by atoms with Crippen LogP contribution in [-0.2, 0) is 6.61 Å². The topological polar surface area (TPSA) is 46.0 Å². The van der Waals surface area contributed by atoms with Gasteiger partial charge in [0.2, 0.25) is 5.28 Å². The van der Waals surface area contributed by atoms with Gasteiger partial charge in [0.1, 0.15) is 0 Å². The first-order valence-electron chi connectivity index (χ1n) is 4.48. The van der Waals surface area contributed by atoms with Gasteiger partial charge in [0.15, 0.2) is 0 Å². The molecule has 0 aliphatic heterocycles. The maximum atomic E-state index is 9.00. The zero-order valence-electron chi connectivity index (χ0n) is 7.89. The number of hydrogen-bond acceptors (Lipinski definition) is 3.